The Bertz CT molecular complexity index is 1130. The number of sulfone groups is 1. The van der Waals surface area contributed by atoms with Crippen LogP contribution in [0.5, 0.6) is 0 Å². The van der Waals surface area contributed by atoms with Gasteiger partial charge in [-0.25, -0.2) is 17.8 Å². The smallest absolute Gasteiger partial charge is 0.421 e. The van der Waals surface area contributed by atoms with Gasteiger partial charge in [0.15, 0.2) is 9.84 Å². The van der Waals surface area contributed by atoms with Gasteiger partial charge in [-0.05, 0) is 31.2 Å². The van der Waals surface area contributed by atoms with E-state index in [0.717, 1.165) is 10.8 Å². The molecule has 0 atom stereocenters. The molecule has 9 heteroatoms. The number of hydrogen-bond acceptors (Lipinski definition) is 6. The van der Waals surface area contributed by atoms with Crippen molar-refractivity contribution in [2.45, 2.75) is 6.92 Å². The van der Waals surface area contributed by atoms with E-state index in [1.165, 1.54) is 0 Å². The zero-order chi connectivity index (χ0) is 18.2. The molecule has 25 heavy (non-hydrogen) atoms. The maximum absolute atomic E-state index is 12.6. The lowest BCUT2D eigenvalue weighted by atomic mass is 10.1. The van der Waals surface area contributed by atoms with E-state index in [1.807, 2.05) is 0 Å². The zero-order valence-electron chi connectivity index (χ0n) is 13.7. The molecule has 0 aliphatic carbocycles. The van der Waals surface area contributed by atoms with Gasteiger partial charge in [-0.2, -0.15) is 0 Å². The number of hydrogen-bond donors (Lipinski definition) is 2. The molecule has 1 aromatic carbocycles. The summed E-state index contributed by atoms with van der Waals surface area (Å²) in [5.74, 6) is -0.216. The molecule has 0 aliphatic heterocycles. The van der Waals surface area contributed by atoms with E-state index in [-0.39, 0.29) is 18.0 Å². The van der Waals surface area contributed by atoms with E-state index >= 15 is 0 Å². The highest BCUT2D eigenvalue weighted by Crippen LogP contribution is 2.25. The van der Waals surface area contributed by atoms with Crippen LogP contribution >= 0.6 is 0 Å². The van der Waals surface area contributed by atoms with E-state index in [2.05, 4.69) is 10.3 Å². The quantitative estimate of drug-likeness (QED) is 0.732. The first-order valence-electron chi connectivity index (χ1n) is 7.56. The second kappa shape index (κ2) is 6.25. The van der Waals surface area contributed by atoms with Crippen molar-refractivity contribution in [2.24, 2.45) is 0 Å². The van der Waals surface area contributed by atoms with Gasteiger partial charge in [0.25, 0.3) is 5.56 Å². The van der Waals surface area contributed by atoms with Crippen molar-refractivity contribution >= 4 is 43.4 Å². The molecule has 0 saturated carbocycles. The summed E-state index contributed by atoms with van der Waals surface area (Å²) in [4.78, 5) is 27.7. The van der Waals surface area contributed by atoms with Crippen LogP contribution < -0.4 is 10.9 Å². The van der Waals surface area contributed by atoms with Gasteiger partial charge in [-0.3, -0.25) is 4.79 Å². The monoisotopic (exact) mass is 363 g/mol. The van der Waals surface area contributed by atoms with Crippen molar-refractivity contribution in [1.82, 2.24) is 9.55 Å². The zero-order valence-corrected chi connectivity index (χ0v) is 14.5. The van der Waals surface area contributed by atoms with Gasteiger partial charge in [-0.1, -0.05) is 0 Å². The molecule has 0 fully saturated rings. The number of benzene rings is 1. The van der Waals surface area contributed by atoms with Crippen molar-refractivity contribution in [3.8, 4) is 0 Å². The SMILES string of the molecule is CCOC(=O)n1c(=O)c2[nH]ccc2c2cc(NCS(C)(=O)=O)ccc21. The van der Waals surface area contributed by atoms with Crippen molar-refractivity contribution in [3.05, 3.63) is 40.8 Å². The second-order valence-corrected chi connectivity index (χ2v) is 7.72. The van der Waals surface area contributed by atoms with E-state index in [1.54, 1.807) is 37.4 Å². The average molecular weight is 363 g/mol. The molecule has 2 aromatic heterocycles. The third-order valence-electron chi connectivity index (χ3n) is 3.68. The van der Waals surface area contributed by atoms with Crippen molar-refractivity contribution in [3.63, 3.8) is 0 Å². The fraction of sp³-hybridized carbons (Fsp3) is 0.250. The highest BCUT2D eigenvalue weighted by molar-refractivity contribution is 7.90. The largest absolute Gasteiger partial charge is 0.449 e. The van der Waals surface area contributed by atoms with Crippen LogP contribution in [0.15, 0.2) is 35.3 Å². The molecule has 3 aromatic rings. The van der Waals surface area contributed by atoms with Crippen LogP contribution in [0.3, 0.4) is 0 Å². The van der Waals surface area contributed by atoms with E-state index < -0.39 is 21.5 Å². The Morgan fingerprint density at radius 3 is 2.72 bits per heavy atom. The molecule has 0 aliphatic rings. The molecular formula is C16H17N3O5S. The minimum atomic E-state index is -3.19. The van der Waals surface area contributed by atoms with Gasteiger partial charge in [0.05, 0.1) is 12.1 Å². The lowest BCUT2D eigenvalue weighted by Gasteiger charge is -2.12. The minimum Gasteiger partial charge on any atom is -0.449 e. The van der Waals surface area contributed by atoms with E-state index in [9.17, 15) is 18.0 Å². The second-order valence-electron chi connectivity index (χ2n) is 5.58. The molecule has 0 radical (unpaired) electrons. The number of carbonyl (C=O) groups excluding carboxylic acids is 1. The summed E-state index contributed by atoms with van der Waals surface area (Å²) in [6, 6.07) is 6.63. The Balaban J connectivity index is 2.24. The molecule has 0 spiro atoms. The first-order chi connectivity index (χ1) is 11.8. The Hall–Kier alpha value is -2.81. The van der Waals surface area contributed by atoms with Crippen LogP contribution in [0.1, 0.15) is 6.92 Å². The summed E-state index contributed by atoms with van der Waals surface area (Å²) in [5.41, 5.74) is 0.735. The Morgan fingerprint density at radius 1 is 1.28 bits per heavy atom. The number of carbonyl (C=O) groups is 1. The topological polar surface area (TPSA) is 110 Å². The number of rotatable bonds is 4. The van der Waals surface area contributed by atoms with Crippen molar-refractivity contribution in [2.75, 3.05) is 24.1 Å². The van der Waals surface area contributed by atoms with Crippen LogP contribution in [0.25, 0.3) is 21.8 Å². The highest BCUT2D eigenvalue weighted by atomic mass is 32.2. The summed E-state index contributed by atoms with van der Waals surface area (Å²) < 4.78 is 28.6. The van der Waals surface area contributed by atoms with E-state index in [0.29, 0.717) is 22.0 Å². The van der Waals surface area contributed by atoms with Gasteiger partial charge in [0, 0.05) is 28.9 Å². The molecule has 2 heterocycles. The molecule has 2 N–H and O–H groups in total. The first kappa shape index (κ1) is 17.0. The van der Waals surface area contributed by atoms with Gasteiger partial charge in [-0.15, -0.1) is 0 Å². The Labute approximate surface area is 143 Å². The number of ether oxygens (including phenoxy) is 1. The third kappa shape index (κ3) is 3.22. The fourth-order valence-corrected chi connectivity index (χ4v) is 3.06. The maximum atomic E-state index is 12.6. The molecular weight excluding hydrogens is 346 g/mol. The predicted molar refractivity (Wildman–Crippen MR) is 95.8 cm³/mol. The predicted octanol–water partition coefficient (Wildman–Crippen LogP) is 1.90. The Morgan fingerprint density at radius 2 is 2.04 bits per heavy atom. The number of aromatic amines is 1. The fourth-order valence-electron chi connectivity index (χ4n) is 2.63. The summed E-state index contributed by atoms with van der Waals surface area (Å²) in [6.07, 6.45) is 1.98. The van der Waals surface area contributed by atoms with Crippen molar-refractivity contribution in [1.29, 1.82) is 0 Å². The van der Waals surface area contributed by atoms with Crippen LogP contribution in [0.4, 0.5) is 10.5 Å². The molecule has 8 nitrogen and oxygen atoms in total. The molecule has 0 amide bonds. The van der Waals surface area contributed by atoms with Gasteiger partial charge < -0.3 is 15.0 Å². The molecule has 0 saturated heterocycles. The molecule has 0 bridgehead atoms. The van der Waals surface area contributed by atoms with Gasteiger partial charge in [0.2, 0.25) is 0 Å². The lowest BCUT2D eigenvalue weighted by Crippen LogP contribution is -2.28. The molecule has 0 unspecified atom stereocenters. The molecule has 3 rings (SSSR count). The standard InChI is InChI=1S/C16H17N3O5S/c1-3-24-16(21)19-13-5-4-10(18-9-25(2,22)23)8-12(13)11-6-7-17-14(11)15(19)20/h4-8,17-18H,3,9H2,1-2H3. The van der Waals surface area contributed by atoms with Crippen LogP contribution in [-0.4, -0.2) is 42.8 Å². The van der Waals surface area contributed by atoms with E-state index in [4.69, 9.17) is 4.74 Å². The highest BCUT2D eigenvalue weighted by Gasteiger charge is 2.18. The number of pyridine rings is 1. The molecule has 132 valence electrons. The van der Waals surface area contributed by atoms with Crippen LogP contribution in [0.2, 0.25) is 0 Å². The number of H-pyrrole nitrogens is 1. The maximum Gasteiger partial charge on any atom is 0.421 e. The number of nitrogens with one attached hydrogen (secondary N) is 2. The summed E-state index contributed by atoms with van der Waals surface area (Å²) in [7, 11) is -3.19. The third-order valence-corrected chi connectivity index (χ3v) is 4.35. The van der Waals surface area contributed by atoms with Crippen molar-refractivity contribution < 1.29 is 17.9 Å². The number of fused-ring (bicyclic) bond motifs is 3. The average Bonchev–Trinajstić information content (AvgIpc) is 3.03. The van der Waals surface area contributed by atoms with Gasteiger partial charge >= 0.3 is 6.09 Å². The lowest BCUT2D eigenvalue weighted by molar-refractivity contribution is 0.154. The number of aromatic nitrogens is 2. The summed E-state index contributed by atoms with van der Waals surface area (Å²) >= 11 is 0. The first-order valence-corrected chi connectivity index (χ1v) is 9.62. The van der Waals surface area contributed by atoms with Crippen LogP contribution in [0, 0.1) is 0 Å². The van der Waals surface area contributed by atoms with Gasteiger partial charge in [0.1, 0.15) is 11.4 Å². The Kier molecular flexibility index (Phi) is 4.25. The van der Waals surface area contributed by atoms with Crippen LogP contribution in [-0.2, 0) is 14.6 Å². The summed E-state index contributed by atoms with van der Waals surface area (Å²) in [6.45, 7) is 1.80. The number of anilines is 1. The summed E-state index contributed by atoms with van der Waals surface area (Å²) in [5, 5.41) is 4.09. The normalized spacial score (nSPS) is 11.8. The minimum absolute atomic E-state index is 0.142. The number of nitrogens with zero attached hydrogens (tertiary/aromatic N) is 1.